The number of fused-ring (bicyclic) bond motifs is 3. The second-order valence-corrected chi connectivity index (χ2v) is 6.39. The Hall–Kier alpha value is -2.20. The number of esters is 1. The molecule has 0 aliphatic heterocycles. The number of aryl methyl sites for hydroxylation is 1. The number of nitrogens with zero attached hydrogens (tertiary/aromatic N) is 1. The molecule has 23 heavy (non-hydrogen) atoms. The van der Waals surface area contributed by atoms with Crippen LogP contribution in [0.3, 0.4) is 0 Å². The van der Waals surface area contributed by atoms with Crippen molar-refractivity contribution >= 4 is 39.5 Å². The van der Waals surface area contributed by atoms with Gasteiger partial charge in [0.1, 0.15) is 6.61 Å². The van der Waals surface area contributed by atoms with Crippen LogP contribution in [0.15, 0.2) is 61.2 Å². The summed E-state index contributed by atoms with van der Waals surface area (Å²) in [4.78, 5) is 11.0. The zero-order chi connectivity index (χ0) is 16.1. The van der Waals surface area contributed by atoms with Crippen LogP contribution >= 0.6 is 11.8 Å². The normalized spacial score (nSPS) is 11.0. The Labute approximate surface area is 139 Å². The fourth-order valence-corrected chi connectivity index (χ4v) is 3.48. The molecule has 0 aliphatic rings. The zero-order valence-electron chi connectivity index (χ0n) is 12.9. The van der Waals surface area contributed by atoms with Crippen molar-refractivity contribution in [2.45, 2.75) is 6.54 Å². The Morgan fingerprint density at radius 1 is 1.04 bits per heavy atom. The van der Waals surface area contributed by atoms with Gasteiger partial charge in [0.25, 0.3) is 0 Å². The van der Waals surface area contributed by atoms with Crippen molar-refractivity contribution in [1.82, 2.24) is 4.57 Å². The molecule has 4 heteroatoms. The van der Waals surface area contributed by atoms with Crippen LogP contribution in [-0.4, -0.2) is 28.6 Å². The molecular formula is C19H19NO2S. The van der Waals surface area contributed by atoms with Gasteiger partial charge in [0.2, 0.25) is 0 Å². The molecule has 0 atom stereocenters. The molecule has 1 heterocycles. The summed E-state index contributed by atoms with van der Waals surface area (Å²) in [7, 11) is 0. The first-order valence-electron chi connectivity index (χ1n) is 7.64. The van der Waals surface area contributed by atoms with Crippen LogP contribution in [0.25, 0.3) is 21.8 Å². The number of carbonyl (C=O) groups is 1. The van der Waals surface area contributed by atoms with Crippen molar-refractivity contribution in [3.8, 4) is 0 Å². The minimum Gasteiger partial charge on any atom is -0.462 e. The van der Waals surface area contributed by atoms with Crippen molar-refractivity contribution in [2.75, 3.05) is 18.1 Å². The van der Waals surface area contributed by atoms with E-state index in [1.165, 1.54) is 27.9 Å². The highest BCUT2D eigenvalue weighted by molar-refractivity contribution is 7.99. The van der Waals surface area contributed by atoms with Crippen LogP contribution in [0.4, 0.5) is 0 Å². The number of rotatable bonds is 7. The number of aromatic nitrogens is 1. The first-order chi connectivity index (χ1) is 11.3. The Morgan fingerprint density at radius 3 is 2.26 bits per heavy atom. The summed E-state index contributed by atoms with van der Waals surface area (Å²) in [6.07, 6.45) is 1.20. The maximum Gasteiger partial charge on any atom is 0.330 e. The fourth-order valence-electron chi connectivity index (χ4n) is 2.76. The average Bonchev–Trinajstić information content (AvgIpc) is 2.92. The lowest BCUT2D eigenvalue weighted by atomic mass is 10.2. The van der Waals surface area contributed by atoms with E-state index in [-0.39, 0.29) is 5.97 Å². The van der Waals surface area contributed by atoms with Crippen LogP contribution < -0.4 is 0 Å². The van der Waals surface area contributed by atoms with Gasteiger partial charge in [-0.3, -0.25) is 0 Å². The highest BCUT2D eigenvalue weighted by Crippen LogP contribution is 2.28. The van der Waals surface area contributed by atoms with E-state index in [9.17, 15) is 4.79 Å². The third-order valence-corrected chi connectivity index (χ3v) is 4.70. The molecule has 3 aromatic rings. The molecule has 0 saturated heterocycles. The van der Waals surface area contributed by atoms with E-state index in [1.54, 1.807) is 11.8 Å². The molecule has 3 rings (SSSR count). The van der Waals surface area contributed by atoms with Crippen LogP contribution in [0.5, 0.6) is 0 Å². The summed E-state index contributed by atoms with van der Waals surface area (Å²) in [6.45, 7) is 4.75. The van der Waals surface area contributed by atoms with E-state index < -0.39 is 0 Å². The van der Waals surface area contributed by atoms with E-state index in [2.05, 4.69) is 59.7 Å². The summed E-state index contributed by atoms with van der Waals surface area (Å²) in [5, 5.41) is 2.60. The second-order valence-electron chi connectivity index (χ2n) is 5.17. The van der Waals surface area contributed by atoms with E-state index in [0.717, 1.165) is 18.1 Å². The number of hydrogen-bond donors (Lipinski definition) is 0. The molecule has 0 bridgehead atoms. The van der Waals surface area contributed by atoms with Gasteiger partial charge in [-0.05, 0) is 12.1 Å². The first kappa shape index (κ1) is 15.7. The van der Waals surface area contributed by atoms with Gasteiger partial charge in [0.05, 0.1) is 0 Å². The minimum atomic E-state index is -0.354. The number of thioether (sulfide) groups is 1. The molecule has 0 fully saturated rings. The molecular weight excluding hydrogens is 306 g/mol. The molecule has 0 N–H and O–H groups in total. The van der Waals surface area contributed by atoms with Crippen molar-refractivity contribution in [3.05, 3.63) is 61.2 Å². The van der Waals surface area contributed by atoms with Gasteiger partial charge < -0.3 is 9.30 Å². The van der Waals surface area contributed by atoms with Gasteiger partial charge in [-0.15, -0.1) is 0 Å². The Kier molecular flexibility index (Phi) is 5.03. The predicted molar refractivity (Wildman–Crippen MR) is 97.9 cm³/mol. The summed E-state index contributed by atoms with van der Waals surface area (Å²) in [5.74, 6) is 1.43. The Balaban J connectivity index is 1.67. The lowest BCUT2D eigenvalue weighted by molar-refractivity contribution is -0.137. The van der Waals surface area contributed by atoms with Gasteiger partial charge in [-0.25, -0.2) is 4.79 Å². The molecule has 1 aromatic heterocycles. The SMILES string of the molecule is C=CC(=O)OCCSCCn1c2ccccc2c2ccccc21. The standard InChI is InChI=1S/C19H19NO2S/c1-2-19(21)22-12-14-23-13-11-20-17-9-5-3-7-15(17)16-8-4-6-10-18(16)20/h2-10H,1,11-14H2. The third-order valence-electron chi connectivity index (χ3n) is 3.78. The van der Waals surface area contributed by atoms with Crippen LogP contribution in [0.1, 0.15) is 0 Å². The summed E-state index contributed by atoms with van der Waals surface area (Å²) >= 11 is 1.79. The van der Waals surface area contributed by atoms with E-state index in [1.807, 2.05) is 0 Å². The van der Waals surface area contributed by atoms with Gasteiger partial charge >= 0.3 is 5.97 Å². The monoisotopic (exact) mass is 325 g/mol. The minimum absolute atomic E-state index is 0.354. The van der Waals surface area contributed by atoms with Crippen molar-refractivity contribution in [2.24, 2.45) is 0 Å². The van der Waals surface area contributed by atoms with Crippen LogP contribution in [0, 0.1) is 0 Å². The maximum absolute atomic E-state index is 11.0. The molecule has 3 nitrogen and oxygen atoms in total. The number of carbonyl (C=O) groups excluding carboxylic acids is 1. The fraction of sp³-hybridized carbons (Fsp3) is 0.211. The number of para-hydroxylation sites is 2. The predicted octanol–water partition coefficient (Wildman–Crippen LogP) is 4.26. The Bertz CT molecular complexity index is 784. The molecule has 0 radical (unpaired) electrons. The second kappa shape index (κ2) is 7.38. The quantitative estimate of drug-likeness (QED) is 0.369. The van der Waals surface area contributed by atoms with Crippen molar-refractivity contribution < 1.29 is 9.53 Å². The summed E-state index contributed by atoms with van der Waals surface area (Å²) < 4.78 is 7.35. The molecule has 2 aromatic carbocycles. The number of benzene rings is 2. The molecule has 0 aliphatic carbocycles. The number of hydrogen-bond acceptors (Lipinski definition) is 3. The third kappa shape index (κ3) is 3.42. The molecule has 0 unspecified atom stereocenters. The zero-order valence-corrected chi connectivity index (χ0v) is 13.7. The van der Waals surface area contributed by atoms with E-state index in [0.29, 0.717) is 6.61 Å². The molecule has 118 valence electrons. The molecule has 0 spiro atoms. The number of ether oxygens (including phenoxy) is 1. The van der Waals surface area contributed by atoms with E-state index >= 15 is 0 Å². The maximum atomic E-state index is 11.0. The van der Waals surface area contributed by atoms with Gasteiger partial charge in [0.15, 0.2) is 0 Å². The largest absolute Gasteiger partial charge is 0.462 e. The highest BCUT2D eigenvalue weighted by Gasteiger charge is 2.08. The van der Waals surface area contributed by atoms with E-state index in [4.69, 9.17) is 4.74 Å². The smallest absolute Gasteiger partial charge is 0.330 e. The topological polar surface area (TPSA) is 31.2 Å². The Morgan fingerprint density at radius 2 is 1.65 bits per heavy atom. The lowest BCUT2D eigenvalue weighted by Gasteiger charge is -2.07. The van der Waals surface area contributed by atoms with Crippen LogP contribution in [-0.2, 0) is 16.1 Å². The van der Waals surface area contributed by atoms with Crippen molar-refractivity contribution in [1.29, 1.82) is 0 Å². The van der Waals surface area contributed by atoms with Gasteiger partial charge in [0, 0.05) is 45.9 Å². The lowest BCUT2D eigenvalue weighted by Crippen LogP contribution is -2.05. The summed E-state index contributed by atoms with van der Waals surface area (Å²) in [5.41, 5.74) is 2.54. The van der Waals surface area contributed by atoms with Gasteiger partial charge in [-0.1, -0.05) is 43.0 Å². The van der Waals surface area contributed by atoms with Crippen molar-refractivity contribution in [3.63, 3.8) is 0 Å². The average molecular weight is 325 g/mol. The van der Waals surface area contributed by atoms with Crippen LogP contribution in [0.2, 0.25) is 0 Å². The van der Waals surface area contributed by atoms with Gasteiger partial charge in [-0.2, -0.15) is 11.8 Å². The highest BCUT2D eigenvalue weighted by atomic mass is 32.2. The molecule has 0 saturated carbocycles. The summed E-state index contributed by atoms with van der Waals surface area (Å²) in [6, 6.07) is 17.0. The molecule has 0 amide bonds. The first-order valence-corrected chi connectivity index (χ1v) is 8.79.